The maximum Gasteiger partial charge on any atom is 0 e. The van der Waals surface area contributed by atoms with Crippen molar-refractivity contribution in [2.45, 2.75) is 0 Å². The molecule has 0 aromatic heterocycles. The molecule has 0 nitrogen and oxygen atoms in total. The van der Waals surface area contributed by atoms with Crippen molar-refractivity contribution in [3.8, 4) is 22.3 Å². The van der Waals surface area contributed by atoms with Crippen molar-refractivity contribution in [3.05, 3.63) is 103 Å². The zero-order chi connectivity index (χ0) is 16.6. The second kappa shape index (κ2) is 7.10. The number of rotatable bonds is 2. The van der Waals surface area contributed by atoms with Crippen LogP contribution >= 0.6 is 0 Å². The van der Waals surface area contributed by atoms with Gasteiger partial charge in [-0.1, -0.05) is 96.1 Å². The van der Waals surface area contributed by atoms with E-state index in [0.29, 0.717) is 0 Å². The molecule has 0 heterocycles. The van der Waals surface area contributed by atoms with Gasteiger partial charge in [-0.15, -0.1) is 39.7 Å². The molecule has 5 aromatic carbocycles. The number of hydrogen-bond acceptors (Lipinski definition) is 0. The zero-order valence-electron chi connectivity index (χ0n) is 14.3. The Hall–Kier alpha value is -2.37. The Morgan fingerprint density at radius 1 is 0.423 bits per heavy atom. The van der Waals surface area contributed by atoms with Crippen molar-refractivity contribution >= 4 is 21.5 Å². The largest absolute Gasteiger partial charge is 0.126 e. The van der Waals surface area contributed by atoms with Crippen LogP contribution in [0.2, 0.25) is 0 Å². The molecule has 5 rings (SSSR count). The van der Waals surface area contributed by atoms with E-state index >= 15 is 0 Å². The Balaban J connectivity index is 0.00000168. The predicted molar refractivity (Wildman–Crippen MR) is 108 cm³/mol. The van der Waals surface area contributed by atoms with E-state index in [1.807, 2.05) is 0 Å². The molecule has 0 bridgehead atoms. The average Bonchev–Trinajstić information content (AvgIpc) is 3.06. The van der Waals surface area contributed by atoms with E-state index in [9.17, 15) is 0 Å². The van der Waals surface area contributed by atoms with E-state index in [0.717, 1.165) is 0 Å². The molecule has 0 radical (unpaired) electrons. The van der Waals surface area contributed by atoms with Gasteiger partial charge in [0.2, 0.25) is 0 Å². The molecule has 0 unspecified atom stereocenters. The van der Waals surface area contributed by atoms with Gasteiger partial charge < -0.3 is 0 Å². The van der Waals surface area contributed by atoms with Gasteiger partial charge >= 0.3 is 0 Å². The monoisotopic (exact) mass is 407 g/mol. The van der Waals surface area contributed by atoms with Gasteiger partial charge in [0, 0.05) is 26.2 Å². The van der Waals surface area contributed by atoms with Crippen LogP contribution in [-0.4, -0.2) is 0 Å². The predicted octanol–water partition coefficient (Wildman–Crippen LogP) is 7.04. The third kappa shape index (κ3) is 2.98. The summed E-state index contributed by atoms with van der Waals surface area (Å²) in [6.07, 6.45) is 0. The SMILES string of the molecule is [Zr].c1ccc(-c2ccc3c(c2)[cH-]c2cc(-c4ccccc4)ccc23)cc1. The number of fused-ring (bicyclic) bond motifs is 3. The first kappa shape index (κ1) is 17.1. The van der Waals surface area contributed by atoms with Gasteiger partial charge in [-0.05, 0) is 11.1 Å². The van der Waals surface area contributed by atoms with Crippen LogP contribution in [0, 0.1) is 0 Å². The third-order valence-corrected chi connectivity index (χ3v) is 4.92. The Morgan fingerprint density at radius 2 is 0.846 bits per heavy atom. The molecule has 0 saturated carbocycles. The Morgan fingerprint density at radius 3 is 1.27 bits per heavy atom. The molecule has 0 aliphatic rings. The molecule has 0 atom stereocenters. The molecule has 26 heavy (non-hydrogen) atoms. The molecule has 122 valence electrons. The third-order valence-electron chi connectivity index (χ3n) is 4.92. The molecular weight excluding hydrogens is 391 g/mol. The second-order valence-electron chi connectivity index (χ2n) is 6.48. The summed E-state index contributed by atoms with van der Waals surface area (Å²) in [5, 5.41) is 5.27. The van der Waals surface area contributed by atoms with Gasteiger partial charge in [0.1, 0.15) is 0 Å². The van der Waals surface area contributed by atoms with Crippen LogP contribution in [0.4, 0.5) is 0 Å². The minimum absolute atomic E-state index is 0. The Labute approximate surface area is 172 Å². The van der Waals surface area contributed by atoms with Gasteiger partial charge in [0.15, 0.2) is 0 Å². The summed E-state index contributed by atoms with van der Waals surface area (Å²) in [6, 6.07) is 37.0. The topological polar surface area (TPSA) is 0 Å². The smallest absolute Gasteiger partial charge is 0 e. The normalized spacial score (nSPS) is 10.8. The Bertz CT molecular complexity index is 1070. The standard InChI is InChI=1S/C25H17.Zr/c1-3-7-18(8-4-1)20-11-13-24-22(15-20)17-23-16-21(12-14-25(23)24)19-9-5-2-6-10-19;/h1-17H;/q-1;. The first-order valence-corrected chi connectivity index (χ1v) is 8.62. The quantitative estimate of drug-likeness (QED) is 0.275. The van der Waals surface area contributed by atoms with Gasteiger partial charge in [-0.25, -0.2) is 0 Å². The molecular formula is C25H17Zr-. The summed E-state index contributed by atoms with van der Waals surface area (Å²) in [6.45, 7) is 0. The van der Waals surface area contributed by atoms with Crippen molar-refractivity contribution in [2.75, 3.05) is 0 Å². The molecule has 0 aliphatic carbocycles. The molecule has 1 heteroatoms. The van der Waals surface area contributed by atoms with Crippen LogP contribution in [0.1, 0.15) is 0 Å². The van der Waals surface area contributed by atoms with E-state index in [2.05, 4.69) is 103 Å². The van der Waals surface area contributed by atoms with Gasteiger partial charge in [0.05, 0.1) is 0 Å². The molecule has 0 fully saturated rings. The van der Waals surface area contributed by atoms with Crippen molar-refractivity contribution in [3.63, 3.8) is 0 Å². The maximum atomic E-state index is 2.31. The van der Waals surface area contributed by atoms with Crippen LogP contribution in [0.15, 0.2) is 103 Å². The van der Waals surface area contributed by atoms with E-state index in [-0.39, 0.29) is 26.2 Å². The Kier molecular flexibility index (Phi) is 4.66. The molecule has 5 aromatic rings. The summed E-state index contributed by atoms with van der Waals surface area (Å²) in [5.41, 5.74) is 5.07. The van der Waals surface area contributed by atoms with Gasteiger partial charge in [-0.3, -0.25) is 0 Å². The average molecular weight is 409 g/mol. The fraction of sp³-hybridized carbons (Fsp3) is 0. The summed E-state index contributed by atoms with van der Waals surface area (Å²) in [5.74, 6) is 0. The molecule has 0 amide bonds. The van der Waals surface area contributed by atoms with Crippen molar-refractivity contribution < 1.29 is 26.2 Å². The minimum atomic E-state index is 0. The summed E-state index contributed by atoms with van der Waals surface area (Å²) in [4.78, 5) is 0. The summed E-state index contributed by atoms with van der Waals surface area (Å²) >= 11 is 0. The molecule has 0 spiro atoms. The van der Waals surface area contributed by atoms with E-state index < -0.39 is 0 Å². The van der Waals surface area contributed by atoms with Crippen LogP contribution in [-0.2, 0) is 26.2 Å². The molecule has 0 saturated heterocycles. The zero-order valence-corrected chi connectivity index (χ0v) is 16.8. The van der Waals surface area contributed by atoms with Gasteiger partial charge in [0.25, 0.3) is 0 Å². The van der Waals surface area contributed by atoms with Crippen molar-refractivity contribution in [1.82, 2.24) is 0 Å². The maximum absolute atomic E-state index is 2.31. The number of benzene rings is 4. The van der Waals surface area contributed by atoms with Crippen LogP contribution in [0.25, 0.3) is 43.8 Å². The van der Waals surface area contributed by atoms with Crippen molar-refractivity contribution in [2.24, 2.45) is 0 Å². The van der Waals surface area contributed by atoms with E-state index in [4.69, 9.17) is 0 Å². The fourth-order valence-electron chi connectivity index (χ4n) is 3.64. The molecule has 0 N–H and O–H groups in total. The van der Waals surface area contributed by atoms with E-state index in [1.54, 1.807) is 0 Å². The minimum Gasteiger partial charge on any atom is -0.126 e. The van der Waals surface area contributed by atoms with Crippen LogP contribution < -0.4 is 0 Å². The number of hydrogen-bond donors (Lipinski definition) is 0. The fourth-order valence-corrected chi connectivity index (χ4v) is 3.64. The second-order valence-corrected chi connectivity index (χ2v) is 6.48. The first-order valence-electron chi connectivity index (χ1n) is 8.62. The first-order chi connectivity index (χ1) is 12.4. The summed E-state index contributed by atoms with van der Waals surface area (Å²) < 4.78 is 0. The van der Waals surface area contributed by atoms with Crippen LogP contribution in [0.3, 0.4) is 0 Å². The van der Waals surface area contributed by atoms with Crippen molar-refractivity contribution in [1.29, 1.82) is 0 Å². The summed E-state index contributed by atoms with van der Waals surface area (Å²) in [7, 11) is 0. The van der Waals surface area contributed by atoms with Gasteiger partial charge in [-0.2, -0.15) is 0 Å². The van der Waals surface area contributed by atoms with Crippen LogP contribution in [0.5, 0.6) is 0 Å². The molecule has 0 aliphatic heterocycles. The van der Waals surface area contributed by atoms with E-state index in [1.165, 1.54) is 43.8 Å².